The minimum absolute atomic E-state index is 0.0195. The second kappa shape index (κ2) is 8.92. The summed E-state index contributed by atoms with van der Waals surface area (Å²) in [6.45, 7) is 8.22. The minimum Gasteiger partial charge on any atom is -0.480 e. The van der Waals surface area contributed by atoms with Crippen LogP contribution >= 0.6 is 11.6 Å². The largest absolute Gasteiger partial charge is 0.480 e. The normalized spacial score (nSPS) is 17.4. The van der Waals surface area contributed by atoms with Crippen LogP contribution in [0.15, 0.2) is 35.3 Å². The molecule has 2 aromatic rings. The van der Waals surface area contributed by atoms with E-state index in [1.165, 1.54) is 10.6 Å². The van der Waals surface area contributed by atoms with Gasteiger partial charge in [0.1, 0.15) is 6.04 Å². The molecule has 1 N–H and O–H groups in total. The quantitative estimate of drug-likeness (QED) is 0.753. The first-order chi connectivity index (χ1) is 14.0. The third-order valence-electron chi connectivity index (χ3n) is 5.10. The molecule has 162 valence electrons. The lowest BCUT2D eigenvalue weighted by molar-refractivity contribution is -0.142. The first kappa shape index (κ1) is 22.5. The molecule has 1 aromatic carbocycles. The van der Waals surface area contributed by atoms with Crippen molar-refractivity contribution in [1.29, 1.82) is 0 Å². The zero-order chi connectivity index (χ0) is 22.1. The van der Waals surface area contributed by atoms with Crippen molar-refractivity contribution in [3.8, 4) is 11.1 Å². The number of halogens is 1. The van der Waals surface area contributed by atoms with Gasteiger partial charge in [0.2, 0.25) is 0 Å². The number of benzene rings is 1. The number of aliphatic carboxylic acids is 1. The molecule has 2 atom stereocenters. The Bertz CT molecular complexity index is 992. The van der Waals surface area contributed by atoms with Gasteiger partial charge in [-0.3, -0.25) is 4.79 Å². The van der Waals surface area contributed by atoms with E-state index in [1.54, 1.807) is 6.20 Å². The first-order valence-electron chi connectivity index (χ1n) is 10.1. The summed E-state index contributed by atoms with van der Waals surface area (Å²) in [5.41, 5.74) is 2.66. The summed E-state index contributed by atoms with van der Waals surface area (Å²) in [7, 11) is 0. The highest BCUT2D eigenvalue weighted by Crippen LogP contribution is 2.33. The summed E-state index contributed by atoms with van der Waals surface area (Å²) in [4.78, 5) is 24.9. The number of nitrogens with zero attached hydrogens (tertiary/aromatic N) is 1. The van der Waals surface area contributed by atoms with Gasteiger partial charge in [-0.2, -0.15) is 0 Å². The molecular weight excluding hydrogens is 406 g/mol. The van der Waals surface area contributed by atoms with Gasteiger partial charge < -0.3 is 19.1 Å². The predicted molar refractivity (Wildman–Crippen MR) is 116 cm³/mol. The summed E-state index contributed by atoms with van der Waals surface area (Å²) in [6.07, 6.45) is 2.48. The molecule has 0 spiro atoms. The van der Waals surface area contributed by atoms with Crippen molar-refractivity contribution in [2.75, 3.05) is 6.61 Å². The molecule has 3 rings (SSSR count). The number of carboxylic acid groups (broad SMARTS) is 1. The highest BCUT2D eigenvalue weighted by molar-refractivity contribution is 6.30. The van der Waals surface area contributed by atoms with E-state index in [1.807, 2.05) is 45.9 Å². The third kappa shape index (κ3) is 5.31. The van der Waals surface area contributed by atoms with Crippen molar-refractivity contribution in [3.05, 3.63) is 57.0 Å². The Morgan fingerprint density at radius 2 is 2.00 bits per heavy atom. The molecule has 0 amide bonds. The number of pyridine rings is 1. The molecule has 0 radical (unpaired) electrons. The molecule has 0 bridgehead atoms. The Morgan fingerprint density at radius 3 is 2.67 bits per heavy atom. The number of ether oxygens (including phenoxy) is 2. The molecule has 6 nitrogen and oxygen atoms in total. The number of aromatic nitrogens is 1. The third-order valence-corrected chi connectivity index (χ3v) is 5.34. The molecule has 1 aromatic heterocycles. The molecule has 0 aliphatic carbocycles. The van der Waals surface area contributed by atoms with Gasteiger partial charge in [-0.15, -0.1) is 0 Å². The van der Waals surface area contributed by atoms with Gasteiger partial charge in [0.25, 0.3) is 5.56 Å². The lowest BCUT2D eigenvalue weighted by Gasteiger charge is -2.25. The average molecular weight is 434 g/mol. The van der Waals surface area contributed by atoms with Crippen LogP contribution in [0.5, 0.6) is 0 Å². The van der Waals surface area contributed by atoms with Crippen LogP contribution in [0, 0.1) is 0 Å². The lowest BCUT2D eigenvalue weighted by atomic mass is 9.92. The maximum absolute atomic E-state index is 12.9. The summed E-state index contributed by atoms with van der Waals surface area (Å²) < 4.78 is 12.9. The monoisotopic (exact) mass is 433 g/mol. The van der Waals surface area contributed by atoms with Crippen LogP contribution in [-0.4, -0.2) is 34.0 Å². The minimum atomic E-state index is -1.07. The van der Waals surface area contributed by atoms with Crippen molar-refractivity contribution in [1.82, 2.24) is 4.57 Å². The maximum atomic E-state index is 12.9. The van der Waals surface area contributed by atoms with E-state index in [-0.39, 0.29) is 36.9 Å². The van der Waals surface area contributed by atoms with E-state index < -0.39 is 12.0 Å². The molecule has 0 saturated carbocycles. The van der Waals surface area contributed by atoms with E-state index in [0.717, 1.165) is 22.3 Å². The second-order valence-electron chi connectivity index (χ2n) is 8.69. The Hall–Kier alpha value is -2.15. The molecule has 30 heavy (non-hydrogen) atoms. The fourth-order valence-corrected chi connectivity index (χ4v) is 3.81. The standard InChI is InChI=1S/C23H28ClNO5/c1-14-9-15-5-6-17(24)10-18(15)19-11-21(26)25(12-16(19)13-29-14)20(22(27)28)7-8-30-23(2,3)4/h5-6,10-12,14,20H,7-9,13H2,1-4H3,(H,27,28). The van der Waals surface area contributed by atoms with E-state index in [4.69, 9.17) is 21.1 Å². The number of rotatable bonds is 5. The van der Waals surface area contributed by atoms with E-state index in [9.17, 15) is 14.7 Å². The zero-order valence-electron chi connectivity index (χ0n) is 17.8. The Kier molecular flexibility index (Phi) is 6.70. The zero-order valence-corrected chi connectivity index (χ0v) is 18.5. The summed E-state index contributed by atoms with van der Waals surface area (Å²) in [5.74, 6) is -1.07. The SMILES string of the molecule is CC1Cc2ccc(Cl)cc2-c2cc(=O)n(C(CCOC(C)(C)C)C(=O)O)cc2CO1. The highest BCUT2D eigenvalue weighted by atomic mass is 35.5. The van der Waals surface area contributed by atoms with Gasteiger partial charge in [-0.1, -0.05) is 17.7 Å². The molecule has 7 heteroatoms. The molecular formula is C23H28ClNO5. The highest BCUT2D eigenvalue weighted by Gasteiger charge is 2.25. The average Bonchev–Trinajstić information content (AvgIpc) is 2.64. The molecule has 2 heterocycles. The van der Waals surface area contributed by atoms with Crippen LogP contribution < -0.4 is 5.56 Å². The molecule has 1 aliphatic heterocycles. The van der Waals surface area contributed by atoms with Crippen LogP contribution in [0.1, 0.15) is 51.3 Å². The molecule has 2 unspecified atom stereocenters. The Labute approximate surface area is 181 Å². The Balaban J connectivity index is 2.04. The smallest absolute Gasteiger partial charge is 0.326 e. The predicted octanol–water partition coefficient (Wildman–Crippen LogP) is 4.46. The number of hydrogen-bond acceptors (Lipinski definition) is 4. The molecule has 1 aliphatic rings. The first-order valence-corrected chi connectivity index (χ1v) is 10.4. The summed E-state index contributed by atoms with van der Waals surface area (Å²) >= 11 is 6.22. The number of carbonyl (C=O) groups is 1. The number of fused-ring (bicyclic) bond motifs is 3. The number of carboxylic acids is 1. The van der Waals surface area contributed by atoms with Crippen molar-refractivity contribution in [2.24, 2.45) is 0 Å². The fourth-order valence-electron chi connectivity index (χ4n) is 3.64. The van der Waals surface area contributed by atoms with E-state index >= 15 is 0 Å². The number of hydrogen-bond donors (Lipinski definition) is 1. The Morgan fingerprint density at radius 1 is 1.30 bits per heavy atom. The summed E-state index contributed by atoms with van der Waals surface area (Å²) in [5, 5.41) is 10.3. The van der Waals surface area contributed by atoms with Crippen LogP contribution in [0.25, 0.3) is 11.1 Å². The van der Waals surface area contributed by atoms with Crippen molar-refractivity contribution < 1.29 is 19.4 Å². The van der Waals surface area contributed by atoms with Crippen molar-refractivity contribution in [2.45, 2.75) is 64.9 Å². The topological polar surface area (TPSA) is 77.8 Å². The second-order valence-corrected chi connectivity index (χ2v) is 9.13. The van der Waals surface area contributed by atoms with Crippen LogP contribution in [0.4, 0.5) is 0 Å². The molecule has 0 saturated heterocycles. The van der Waals surface area contributed by atoms with Crippen molar-refractivity contribution >= 4 is 17.6 Å². The van der Waals surface area contributed by atoms with Gasteiger partial charge in [0.05, 0.1) is 18.3 Å². The fraction of sp³-hybridized carbons (Fsp3) is 0.478. The van der Waals surface area contributed by atoms with Crippen LogP contribution in [-0.2, 0) is 27.3 Å². The van der Waals surface area contributed by atoms with Gasteiger partial charge >= 0.3 is 5.97 Å². The van der Waals surface area contributed by atoms with E-state index in [0.29, 0.717) is 11.4 Å². The summed E-state index contributed by atoms with van der Waals surface area (Å²) in [6, 6.07) is 6.09. The van der Waals surface area contributed by atoms with E-state index in [2.05, 4.69) is 0 Å². The van der Waals surface area contributed by atoms with Crippen LogP contribution in [0.2, 0.25) is 5.02 Å². The van der Waals surface area contributed by atoms with Crippen LogP contribution in [0.3, 0.4) is 0 Å². The van der Waals surface area contributed by atoms with Gasteiger partial charge in [0, 0.05) is 35.9 Å². The van der Waals surface area contributed by atoms with Gasteiger partial charge in [0.15, 0.2) is 0 Å². The molecule has 0 fully saturated rings. The van der Waals surface area contributed by atoms with Crippen molar-refractivity contribution in [3.63, 3.8) is 0 Å². The maximum Gasteiger partial charge on any atom is 0.326 e. The van der Waals surface area contributed by atoms with Gasteiger partial charge in [-0.05, 0) is 62.9 Å². The van der Waals surface area contributed by atoms with Gasteiger partial charge in [-0.25, -0.2) is 4.79 Å². The lowest BCUT2D eigenvalue weighted by Crippen LogP contribution is -2.32.